The summed E-state index contributed by atoms with van der Waals surface area (Å²) < 4.78 is 0. The summed E-state index contributed by atoms with van der Waals surface area (Å²) in [6.45, 7) is 4.12. The van der Waals surface area contributed by atoms with E-state index in [4.69, 9.17) is 29.6 Å². The van der Waals surface area contributed by atoms with Gasteiger partial charge in [-0.1, -0.05) is 23.8 Å². The molecule has 0 aliphatic carbocycles. The molecule has 6 heteroatoms. The van der Waals surface area contributed by atoms with Crippen LogP contribution < -0.4 is 11.1 Å². The van der Waals surface area contributed by atoms with Crippen molar-refractivity contribution in [2.75, 3.05) is 5.32 Å². The standard InChI is InChI=1S/C13H14ClN3S2/c1-13(2,12-16-5-6-19-12)17-10-4-3-8(11(15)18)7-9(10)14/h3-7,17H,1-2H3,(H2,15,18). The number of anilines is 1. The average Bonchev–Trinajstić information content (AvgIpc) is 2.85. The average molecular weight is 312 g/mol. The second kappa shape index (κ2) is 5.45. The molecule has 3 N–H and O–H groups in total. The highest BCUT2D eigenvalue weighted by Crippen LogP contribution is 2.31. The minimum absolute atomic E-state index is 0.289. The van der Waals surface area contributed by atoms with Crippen LogP contribution in [0.3, 0.4) is 0 Å². The van der Waals surface area contributed by atoms with Crippen LogP contribution in [0.1, 0.15) is 24.4 Å². The molecule has 0 saturated heterocycles. The highest BCUT2D eigenvalue weighted by atomic mass is 35.5. The molecule has 3 nitrogen and oxygen atoms in total. The van der Waals surface area contributed by atoms with Crippen molar-refractivity contribution in [1.29, 1.82) is 0 Å². The third-order valence-corrected chi connectivity index (χ3v) is 4.31. The van der Waals surface area contributed by atoms with Crippen LogP contribution in [0.2, 0.25) is 5.02 Å². The molecular formula is C13H14ClN3S2. The first kappa shape index (κ1) is 14.2. The van der Waals surface area contributed by atoms with E-state index in [0.717, 1.165) is 16.3 Å². The molecule has 0 radical (unpaired) electrons. The second-order valence-corrected chi connectivity index (χ2v) is 6.39. The topological polar surface area (TPSA) is 50.9 Å². The lowest BCUT2D eigenvalue weighted by Crippen LogP contribution is -2.28. The van der Waals surface area contributed by atoms with Crippen molar-refractivity contribution in [2.45, 2.75) is 19.4 Å². The predicted octanol–water partition coefficient (Wildman–Crippen LogP) is 3.78. The van der Waals surface area contributed by atoms with Gasteiger partial charge in [0.05, 0.1) is 16.2 Å². The third kappa shape index (κ3) is 3.23. The summed E-state index contributed by atoms with van der Waals surface area (Å²) in [5, 5.41) is 6.94. The molecule has 2 rings (SSSR count). The molecule has 0 saturated carbocycles. The van der Waals surface area contributed by atoms with Gasteiger partial charge in [-0.15, -0.1) is 11.3 Å². The summed E-state index contributed by atoms with van der Waals surface area (Å²) in [6, 6.07) is 5.50. The first-order valence-electron chi connectivity index (χ1n) is 5.67. The second-order valence-electron chi connectivity index (χ2n) is 4.65. The molecule has 0 atom stereocenters. The minimum atomic E-state index is -0.289. The van der Waals surface area contributed by atoms with Gasteiger partial charge in [0, 0.05) is 17.1 Å². The fourth-order valence-corrected chi connectivity index (χ4v) is 2.76. The lowest BCUT2D eigenvalue weighted by atomic mass is 10.1. The van der Waals surface area contributed by atoms with E-state index in [0.29, 0.717) is 10.0 Å². The molecular weight excluding hydrogens is 298 g/mol. The van der Waals surface area contributed by atoms with Crippen LogP contribution in [0.5, 0.6) is 0 Å². The lowest BCUT2D eigenvalue weighted by Gasteiger charge is -2.26. The van der Waals surface area contributed by atoms with E-state index in [-0.39, 0.29) is 5.54 Å². The quantitative estimate of drug-likeness (QED) is 0.844. The van der Waals surface area contributed by atoms with E-state index in [9.17, 15) is 0 Å². The zero-order valence-corrected chi connectivity index (χ0v) is 13.0. The van der Waals surface area contributed by atoms with Gasteiger partial charge in [-0.2, -0.15) is 0 Å². The van der Waals surface area contributed by atoms with E-state index in [1.54, 1.807) is 23.6 Å². The summed E-state index contributed by atoms with van der Waals surface area (Å²) in [6.07, 6.45) is 1.79. The Labute approximate surface area is 126 Å². The van der Waals surface area contributed by atoms with Crippen molar-refractivity contribution >= 4 is 45.8 Å². The lowest BCUT2D eigenvalue weighted by molar-refractivity contribution is 0.604. The normalized spacial score (nSPS) is 11.3. The van der Waals surface area contributed by atoms with Gasteiger partial charge >= 0.3 is 0 Å². The van der Waals surface area contributed by atoms with Gasteiger partial charge in [-0.25, -0.2) is 4.98 Å². The highest BCUT2D eigenvalue weighted by molar-refractivity contribution is 7.80. The predicted molar refractivity (Wildman–Crippen MR) is 86.1 cm³/mol. The molecule has 0 fully saturated rings. The number of nitrogens with zero attached hydrogens (tertiary/aromatic N) is 1. The number of halogens is 1. The van der Waals surface area contributed by atoms with Crippen LogP contribution >= 0.6 is 35.2 Å². The van der Waals surface area contributed by atoms with Gasteiger partial charge < -0.3 is 11.1 Å². The zero-order valence-electron chi connectivity index (χ0n) is 10.6. The Balaban J connectivity index is 2.27. The number of thiocarbonyl (C=S) groups is 1. The molecule has 0 spiro atoms. The summed E-state index contributed by atoms with van der Waals surface area (Å²) in [4.78, 5) is 4.67. The Morgan fingerprint density at radius 3 is 2.74 bits per heavy atom. The van der Waals surface area contributed by atoms with Gasteiger partial charge in [0.2, 0.25) is 0 Å². The van der Waals surface area contributed by atoms with Gasteiger partial charge in [0.15, 0.2) is 0 Å². The van der Waals surface area contributed by atoms with Crippen LogP contribution in [0.25, 0.3) is 0 Å². The van der Waals surface area contributed by atoms with Crippen molar-refractivity contribution in [1.82, 2.24) is 4.98 Å². The smallest absolute Gasteiger partial charge is 0.117 e. The number of rotatable bonds is 4. The van der Waals surface area contributed by atoms with E-state index in [1.807, 2.05) is 17.5 Å². The number of nitrogens with two attached hydrogens (primary N) is 1. The third-order valence-electron chi connectivity index (χ3n) is 2.67. The van der Waals surface area contributed by atoms with Crippen LogP contribution in [-0.2, 0) is 5.54 Å². The SMILES string of the molecule is CC(C)(Nc1ccc(C(N)=S)cc1Cl)c1nccs1. The molecule has 1 heterocycles. The number of hydrogen-bond donors (Lipinski definition) is 2. The van der Waals surface area contributed by atoms with Crippen LogP contribution in [0.4, 0.5) is 5.69 Å². The highest BCUT2D eigenvalue weighted by Gasteiger charge is 2.23. The Bertz CT molecular complexity index is 594. The van der Waals surface area contributed by atoms with E-state index in [2.05, 4.69) is 24.1 Å². The number of benzene rings is 1. The van der Waals surface area contributed by atoms with Crippen molar-refractivity contribution < 1.29 is 0 Å². The van der Waals surface area contributed by atoms with E-state index >= 15 is 0 Å². The molecule has 0 unspecified atom stereocenters. The minimum Gasteiger partial charge on any atom is -0.389 e. The molecule has 100 valence electrons. The van der Waals surface area contributed by atoms with Crippen molar-refractivity contribution in [2.24, 2.45) is 5.73 Å². The number of thiazole rings is 1. The first-order valence-corrected chi connectivity index (χ1v) is 7.34. The molecule has 1 aromatic heterocycles. The van der Waals surface area contributed by atoms with E-state index < -0.39 is 0 Å². The summed E-state index contributed by atoms with van der Waals surface area (Å²) in [7, 11) is 0. The van der Waals surface area contributed by atoms with Gasteiger partial charge in [0.1, 0.15) is 10.00 Å². The molecule has 0 aliphatic rings. The van der Waals surface area contributed by atoms with Crippen LogP contribution in [-0.4, -0.2) is 9.97 Å². The monoisotopic (exact) mass is 311 g/mol. The Morgan fingerprint density at radius 2 is 2.21 bits per heavy atom. The molecule has 0 bridgehead atoms. The Morgan fingerprint density at radius 1 is 1.47 bits per heavy atom. The number of aromatic nitrogens is 1. The van der Waals surface area contributed by atoms with Crippen LogP contribution in [0.15, 0.2) is 29.8 Å². The Kier molecular flexibility index (Phi) is 4.08. The Hall–Kier alpha value is -1.17. The number of nitrogens with one attached hydrogen (secondary N) is 1. The molecule has 19 heavy (non-hydrogen) atoms. The fraction of sp³-hybridized carbons (Fsp3) is 0.231. The van der Waals surface area contributed by atoms with Crippen molar-refractivity contribution in [3.63, 3.8) is 0 Å². The van der Waals surface area contributed by atoms with Gasteiger partial charge in [-0.05, 0) is 32.0 Å². The van der Waals surface area contributed by atoms with Crippen molar-refractivity contribution in [3.05, 3.63) is 45.4 Å². The molecule has 2 aromatic rings. The van der Waals surface area contributed by atoms with Gasteiger partial charge in [-0.3, -0.25) is 0 Å². The molecule has 1 aromatic carbocycles. The van der Waals surface area contributed by atoms with Crippen molar-refractivity contribution in [3.8, 4) is 0 Å². The first-order chi connectivity index (χ1) is 8.90. The zero-order chi connectivity index (χ0) is 14.0. The van der Waals surface area contributed by atoms with Gasteiger partial charge in [0.25, 0.3) is 0 Å². The van der Waals surface area contributed by atoms with E-state index in [1.165, 1.54) is 0 Å². The maximum Gasteiger partial charge on any atom is 0.117 e. The summed E-state index contributed by atoms with van der Waals surface area (Å²) >= 11 is 12.8. The fourth-order valence-electron chi connectivity index (χ4n) is 1.69. The molecule has 0 amide bonds. The largest absolute Gasteiger partial charge is 0.389 e. The number of hydrogen-bond acceptors (Lipinski definition) is 4. The maximum atomic E-state index is 6.25. The summed E-state index contributed by atoms with van der Waals surface area (Å²) in [5.74, 6) is 0. The molecule has 0 aliphatic heterocycles. The summed E-state index contributed by atoms with van der Waals surface area (Å²) in [5.41, 5.74) is 6.89. The van der Waals surface area contributed by atoms with Crippen LogP contribution in [0, 0.1) is 0 Å². The maximum absolute atomic E-state index is 6.25.